The first-order valence-corrected chi connectivity index (χ1v) is 7.23. The lowest BCUT2D eigenvalue weighted by Gasteiger charge is -2.15. The zero-order chi connectivity index (χ0) is 14.5. The van der Waals surface area contributed by atoms with Gasteiger partial charge in [0.2, 0.25) is 0 Å². The van der Waals surface area contributed by atoms with E-state index >= 15 is 0 Å². The minimum Gasteiger partial charge on any atom is -0.488 e. The highest BCUT2D eigenvalue weighted by Crippen LogP contribution is 2.29. The molecule has 2 rings (SSSR count). The van der Waals surface area contributed by atoms with E-state index in [4.69, 9.17) is 33.7 Å². The number of ether oxygens (including phenoxy) is 1. The molecule has 0 bridgehead atoms. The molecular formula is C16H17Cl2NO. The number of halogens is 2. The van der Waals surface area contributed by atoms with E-state index in [0.29, 0.717) is 23.2 Å². The minimum atomic E-state index is 0.348. The molecule has 0 radical (unpaired) electrons. The van der Waals surface area contributed by atoms with Crippen LogP contribution >= 0.6 is 23.2 Å². The molecule has 0 unspecified atom stereocenters. The molecule has 0 saturated heterocycles. The van der Waals surface area contributed by atoms with E-state index in [9.17, 15) is 0 Å². The van der Waals surface area contributed by atoms with Crippen molar-refractivity contribution in [3.05, 3.63) is 63.1 Å². The highest BCUT2D eigenvalue weighted by atomic mass is 35.5. The summed E-state index contributed by atoms with van der Waals surface area (Å²) in [5.74, 6) is 0.869. The molecule has 0 aliphatic carbocycles. The van der Waals surface area contributed by atoms with E-state index in [-0.39, 0.29) is 0 Å². The normalized spacial score (nSPS) is 10.6. The van der Waals surface area contributed by atoms with Gasteiger partial charge in [0, 0.05) is 15.6 Å². The van der Waals surface area contributed by atoms with Crippen LogP contribution in [0, 0.1) is 6.92 Å². The minimum absolute atomic E-state index is 0.348. The molecule has 2 N–H and O–H groups in total. The predicted molar refractivity (Wildman–Crippen MR) is 84.7 cm³/mol. The summed E-state index contributed by atoms with van der Waals surface area (Å²) in [6.07, 6.45) is 0.785. The standard InChI is InChI=1S/C16H17Cl2NO/c1-11-4-2-5-12(8-9-19)16(11)20-10-13-14(17)6-3-7-15(13)18/h2-7H,8-10,19H2,1H3. The smallest absolute Gasteiger partial charge is 0.125 e. The molecule has 0 aromatic heterocycles. The monoisotopic (exact) mass is 309 g/mol. The Morgan fingerprint density at radius 1 is 1.05 bits per heavy atom. The molecule has 2 aromatic carbocycles. The first-order chi connectivity index (χ1) is 9.63. The molecule has 4 heteroatoms. The number of rotatable bonds is 5. The quantitative estimate of drug-likeness (QED) is 0.889. The van der Waals surface area contributed by atoms with Crippen molar-refractivity contribution in [2.75, 3.05) is 6.54 Å². The topological polar surface area (TPSA) is 35.2 Å². The lowest BCUT2D eigenvalue weighted by Crippen LogP contribution is -2.07. The SMILES string of the molecule is Cc1cccc(CCN)c1OCc1c(Cl)cccc1Cl. The lowest BCUT2D eigenvalue weighted by atomic mass is 10.1. The zero-order valence-corrected chi connectivity index (χ0v) is 12.8. The Morgan fingerprint density at radius 2 is 1.70 bits per heavy atom. The van der Waals surface area contributed by atoms with Crippen LogP contribution < -0.4 is 10.5 Å². The summed E-state index contributed by atoms with van der Waals surface area (Å²) in [6, 6.07) is 11.5. The van der Waals surface area contributed by atoms with Gasteiger partial charge in [-0.25, -0.2) is 0 Å². The van der Waals surface area contributed by atoms with Crippen molar-refractivity contribution < 1.29 is 4.74 Å². The van der Waals surface area contributed by atoms with Gasteiger partial charge in [0.05, 0.1) is 0 Å². The van der Waals surface area contributed by atoms with Gasteiger partial charge in [0.1, 0.15) is 12.4 Å². The van der Waals surface area contributed by atoms with Crippen molar-refractivity contribution in [1.82, 2.24) is 0 Å². The van der Waals surface area contributed by atoms with E-state index in [1.54, 1.807) is 0 Å². The van der Waals surface area contributed by atoms with Gasteiger partial charge in [-0.1, -0.05) is 47.5 Å². The van der Waals surface area contributed by atoms with Crippen LogP contribution in [0.25, 0.3) is 0 Å². The number of hydrogen-bond acceptors (Lipinski definition) is 2. The average Bonchev–Trinajstić information content (AvgIpc) is 2.41. The third-order valence-electron chi connectivity index (χ3n) is 3.13. The van der Waals surface area contributed by atoms with Gasteiger partial charge >= 0.3 is 0 Å². The van der Waals surface area contributed by atoms with Crippen LogP contribution in [-0.4, -0.2) is 6.54 Å². The average molecular weight is 310 g/mol. The summed E-state index contributed by atoms with van der Waals surface area (Å²) in [6.45, 7) is 2.96. The Balaban J connectivity index is 2.23. The predicted octanol–water partition coefficient (Wildman–Crippen LogP) is 4.38. The first-order valence-electron chi connectivity index (χ1n) is 6.47. The van der Waals surface area contributed by atoms with Gasteiger partial charge in [-0.05, 0) is 43.1 Å². The summed E-state index contributed by atoms with van der Waals surface area (Å²) in [5, 5.41) is 1.23. The van der Waals surface area contributed by atoms with E-state index in [2.05, 4.69) is 0 Å². The maximum atomic E-state index is 6.15. The second kappa shape index (κ2) is 6.98. The molecule has 0 atom stereocenters. The Kier molecular flexibility index (Phi) is 5.30. The third-order valence-corrected chi connectivity index (χ3v) is 3.84. The van der Waals surface area contributed by atoms with Crippen molar-refractivity contribution in [2.24, 2.45) is 5.73 Å². The molecule has 0 aliphatic heterocycles. The van der Waals surface area contributed by atoms with Gasteiger partial charge in [-0.3, -0.25) is 0 Å². The number of benzene rings is 2. The van der Waals surface area contributed by atoms with Crippen LogP contribution in [0.4, 0.5) is 0 Å². The van der Waals surface area contributed by atoms with Gasteiger partial charge in [-0.2, -0.15) is 0 Å². The largest absolute Gasteiger partial charge is 0.488 e. The molecule has 0 heterocycles. The molecule has 106 valence electrons. The van der Waals surface area contributed by atoms with Gasteiger partial charge in [0.25, 0.3) is 0 Å². The van der Waals surface area contributed by atoms with Crippen LogP contribution in [0.3, 0.4) is 0 Å². The number of aryl methyl sites for hydroxylation is 1. The first kappa shape index (κ1) is 15.2. The molecule has 0 amide bonds. The Morgan fingerprint density at radius 3 is 2.35 bits per heavy atom. The molecule has 0 spiro atoms. The van der Waals surface area contributed by atoms with Crippen molar-refractivity contribution in [2.45, 2.75) is 20.0 Å². The molecule has 0 aliphatic rings. The summed E-state index contributed by atoms with van der Waals surface area (Å²) >= 11 is 12.3. The molecular weight excluding hydrogens is 293 g/mol. The maximum Gasteiger partial charge on any atom is 0.125 e. The molecule has 2 aromatic rings. The van der Waals surface area contributed by atoms with E-state index < -0.39 is 0 Å². The van der Waals surface area contributed by atoms with Crippen LogP contribution in [-0.2, 0) is 13.0 Å². The van der Waals surface area contributed by atoms with Crippen LogP contribution in [0.15, 0.2) is 36.4 Å². The Bertz CT molecular complexity index is 579. The maximum absolute atomic E-state index is 6.15. The number of para-hydroxylation sites is 1. The fourth-order valence-corrected chi connectivity index (χ4v) is 2.59. The van der Waals surface area contributed by atoms with Crippen LogP contribution in [0.5, 0.6) is 5.75 Å². The summed E-state index contributed by atoms with van der Waals surface area (Å²) in [4.78, 5) is 0. The van der Waals surface area contributed by atoms with Crippen LogP contribution in [0.1, 0.15) is 16.7 Å². The summed E-state index contributed by atoms with van der Waals surface area (Å²) in [7, 11) is 0. The molecule has 0 fully saturated rings. The molecule has 0 saturated carbocycles. The van der Waals surface area contributed by atoms with Gasteiger partial charge < -0.3 is 10.5 Å². The fourth-order valence-electron chi connectivity index (χ4n) is 2.09. The van der Waals surface area contributed by atoms with Crippen LogP contribution in [0.2, 0.25) is 10.0 Å². The van der Waals surface area contributed by atoms with E-state index in [0.717, 1.165) is 28.9 Å². The Hall–Kier alpha value is -1.22. The van der Waals surface area contributed by atoms with E-state index in [1.807, 2.05) is 43.3 Å². The zero-order valence-electron chi connectivity index (χ0n) is 11.3. The third kappa shape index (κ3) is 3.45. The second-order valence-corrected chi connectivity index (χ2v) is 5.41. The van der Waals surface area contributed by atoms with Gasteiger partial charge in [0.15, 0.2) is 0 Å². The number of hydrogen-bond donors (Lipinski definition) is 1. The van der Waals surface area contributed by atoms with Crippen molar-refractivity contribution >= 4 is 23.2 Å². The second-order valence-electron chi connectivity index (χ2n) is 4.59. The lowest BCUT2D eigenvalue weighted by molar-refractivity contribution is 0.301. The highest BCUT2D eigenvalue weighted by molar-refractivity contribution is 6.35. The summed E-state index contributed by atoms with van der Waals surface area (Å²) in [5.41, 5.74) is 8.63. The van der Waals surface area contributed by atoms with Gasteiger partial charge in [-0.15, -0.1) is 0 Å². The fraction of sp³-hybridized carbons (Fsp3) is 0.250. The highest BCUT2D eigenvalue weighted by Gasteiger charge is 2.10. The Labute approximate surface area is 129 Å². The summed E-state index contributed by atoms with van der Waals surface area (Å²) < 4.78 is 5.94. The van der Waals surface area contributed by atoms with Crippen molar-refractivity contribution in [3.63, 3.8) is 0 Å². The van der Waals surface area contributed by atoms with Crippen molar-refractivity contribution in [1.29, 1.82) is 0 Å². The number of nitrogens with two attached hydrogens (primary N) is 1. The molecule has 20 heavy (non-hydrogen) atoms. The molecule has 2 nitrogen and oxygen atoms in total. The van der Waals surface area contributed by atoms with E-state index in [1.165, 1.54) is 0 Å². The van der Waals surface area contributed by atoms with Crippen molar-refractivity contribution in [3.8, 4) is 5.75 Å².